The van der Waals surface area contributed by atoms with Gasteiger partial charge >= 0.3 is 0 Å². The lowest BCUT2D eigenvalue weighted by molar-refractivity contribution is -0.121. The SMILES string of the molecule is CC1CC(=O)CCC1c1nc(C2CCOC2)no1. The van der Waals surface area contributed by atoms with Gasteiger partial charge in [0.15, 0.2) is 5.82 Å². The molecule has 0 amide bonds. The molecule has 5 nitrogen and oxygen atoms in total. The van der Waals surface area contributed by atoms with Crippen LogP contribution in [0.4, 0.5) is 0 Å². The molecule has 1 aliphatic heterocycles. The molecule has 1 saturated carbocycles. The third-order valence-corrected chi connectivity index (χ3v) is 4.04. The van der Waals surface area contributed by atoms with Gasteiger partial charge in [-0.05, 0) is 18.8 Å². The molecule has 2 heterocycles. The highest BCUT2D eigenvalue weighted by molar-refractivity contribution is 5.79. The number of rotatable bonds is 2. The summed E-state index contributed by atoms with van der Waals surface area (Å²) in [6, 6.07) is 0. The van der Waals surface area contributed by atoms with E-state index in [9.17, 15) is 4.79 Å². The third-order valence-electron chi connectivity index (χ3n) is 4.04. The molecule has 0 spiro atoms. The Labute approximate surface area is 106 Å². The molecule has 5 heteroatoms. The summed E-state index contributed by atoms with van der Waals surface area (Å²) in [7, 11) is 0. The van der Waals surface area contributed by atoms with Gasteiger partial charge < -0.3 is 9.26 Å². The molecule has 3 unspecified atom stereocenters. The summed E-state index contributed by atoms with van der Waals surface area (Å²) >= 11 is 0. The number of Topliss-reactive ketones (excluding diaryl/α,β-unsaturated/α-hetero) is 1. The standard InChI is InChI=1S/C13H18N2O3/c1-8-6-10(16)2-3-11(8)13-14-12(15-18-13)9-4-5-17-7-9/h8-9,11H,2-7H2,1H3. The normalized spacial score (nSPS) is 32.9. The van der Waals surface area contributed by atoms with Crippen LogP contribution in [0.1, 0.15) is 56.2 Å². The van der Waals surface area contributed by atoms with Gasteiger partial charge in [-0.3, -0.25) is 4.79 Å². The van der Waals surface area contributed by atoms with Crippen LogP contribution in [0, 0.1) is 5.92 Å². The van der Waals surface area contributed by atoms with E-state index in [0.29, 0.717) is 37.0 Å². The van der Waals surface area contributed by atoms with Crippen LogP contribution < -0.4 is 0 Å². The van der Waals surface area contributed by atoms with Gasteiger partial charge in [0.2, 0.25) is 5.89 Å². The van der Waals surface area contributed by atoms with E-state index in [4.69, 9.17) is 9.26 Å². The molecule has 0 aromatic carbocycles. The molecular weight excluding hydrogens is 232 g/mol. The molecule has 0 bridgehead atoms. The molecule has 2 fully saturated rings. The molecule has 1 aromatic rings. The van der Waals surface area contributed by atoms with Crippen molar-refractivity contribution in [1.29, 1.82) is 0 Å². The first-order valence-electron chi connectivity index (χ1n) is 6.67. The third kappa shape index (κ3) is 2.19. The molecular formula is C13H18N2O3. The van der Waals surface area contributed by atoms with Crippen molar-refractivity contribution in [2.45, 2.75) is 44.4 Å². The summed E-state index contributed by atoms with van der Waals surface area (Å²) in [5.74, 6) is 2.65. The first-order chi connectivity index (χ1) is 8.74. The first-order valence-corrected chi connectivity index (χ1v) is 6.67. The molecule has 18 heavy (non-hydrogen) atoms. The van der Waals surface area contributed by atoms with Crippen LogP contribution in [0.25, 0.3) is 0 Å². The first kappa shape index (κ1) is 11.8. The summed E-state index contributed by atoms with van der Waals surface area (Å²) in [5.41, 5.74) is 0. The fourth-order valence-electron chi connectivity index (χ4n) is 2.87. The predicted octanol–water partition coefficient (Wildman–Crippen LogP) is 2.05. The van der Waals surface area contributed by atoms with E-state index in [1.54, 1.807) is 0 Å². The minimum Gasteiger partial charge on any atom is -0.381 e. The van der Waals surface area contributed by atoms with E-state index in [1.165, 1.54) is 0 Å². The fraction of sp³-hybridized carbons (Fsp3) is 0.769. The van der Waals surface area contributed by atoms with Gasteiger partial charge in [-0.25, -0.2) is 0 Å². The summed E-state index contributed by atoms with van der Waals surface area (Å²) in [6.07, 6.45) is 3.08. The van der Waals surface area contributed by atoms with Crippen molar-refractivity contribution < 1.29 is 14.1 Å². The molecule has 1 aliphatic carbocycles. The van der Waals surface area contributed by atoms with Crippen molar-refractivity contribution in [1.82, 2.24) is 10.1 Å². The van der Waals surface area contributed by atoms with Crippen molar-refractivity contribution in [3.05, 3.63) is 11.7 Å². The van der Waals surface area contributed by atoms with Gasteiger partial charge in [0.1, 0.15) is 5.78 Å². The number of carbonyl (C=O) groups excluding carboxylic acids is 1. The Kier molecular flexibility index (Phi) is 3.16. The van der Waals surface area contributed by atoms with Crippen LogP contribution in [0.5, 0.6) is 0 Å². The van der Waals surface area contributed by atoms with Gasteiger partial charge in [0.05, 0.1) is 6.61 Å². The Bertz CT molecular complexity index is 437. The van der Waals surface area contributed by atoms with Gasteiger partial charge in [-0.2, -0.15) is 4.98 Å². The van der Waals surface area contributed by atoms with Gasteiger partial charge in [-0.15, -0.1) is 0 Å². The Balaban J connectivity index is 1.74. The Morgan fingerprint density at radius 2 is 2.22 bits per heavy atom. The number of nitrogens with zero attached hydrogens (tertiary/aromatic N) is 2. The molecule has 0 N–H and O–H groups in total. The number of aromatic nitrogens is 2. The zero-order valence-corrected chi connectivity index (χ0v) is 10.6. The maximum atomic E-state index is 11.4. The molecule has 3 rings (SSSR count). The zero-order chi connectivity index (χ0) is 12.5. The van der Waals surface area contributed by atoms with Crippen molar-refractivity contribution in [2.75, 3.05) is 13.2 Å². The quantitative estimate of drug-likeness (QED) is 0.803. The van der Waals surface area contributed by atoms with Crippen LogP contribution in [0.3, 0.4) is 0 Å². The smallest absolute Gasteiger partial charge is 0.230 e. The molecule has 1 aromatic heterocycles. The van der Waals surface area contributed by atoms with E-state index < -0.39 is 0 Å². The lowest BCUT2D eigenvalue weighted by Gasteiger charge is -2.24. The van der Waals surface area contributed by atoms with Crippen LogP contribution in [0.15, 0.2) is 4.52 Å². The molecule has 98 valence electrons. The van der Waals surface area contributed by atoms with Gasteiger partial charge in [-0.1, -0.05) is 12.1 Å². The van der Waals surface area contributed by atoms with Crippen LogP contribution >= 0.6 is 0 Å². The zero-order valence-electron chi connectivity index (χ0n) is 10.6. The molecule has 2 aliphatic rings. The van der Waals surface area contributed by atoms with Crippen molar-refractivity contribution in [2.24, 2.45) is 5.92 Å². The molecule has 1 saturated heterocycles. The summed E-state index contributed by atoms with van der Waals surface area (Å²) in [5, 5.41) is 4.08. The van der Waals surface area contributed by atoms with Crippen molar-refractivity contribution >= 4 is 5.78 Å². The van der Waals surface area contributed by atoms with Crippen LogP contribution in [-0.2, 0) is 9.53 Å². The maximum Gasteiger partial charge on any atom is 0.230 e. The summed E-state index contributed by atoms with van der Waals surface area (Å²) in [4.78, 5) is 15.9. The Morgan fingerprint density at radius 3 is 2.94 bits per heavy atom. The number of hydrogen-bond donors (Lipinski definition) is 0. The van der Waals surface area contributed by atoms with Crippen LogP contribution in [-0.4, -0.2) is 29.1 Å². The van der Waals surface area contributed by atoms with E-state index in [0.717, 1.165) is 25.3 Å². The highest BCUT2D eigenvalue weighted by Gasteiger charge is 2.32. The van der Waals surface area contributed by atoms with E-state index in [1.807, 2.05) is 0 Å². The fourth-order valence-corrected chi connectivity index (χ4v) is 2.87. The lowest BCUT2D eigenvalue weighted by Crippen LogP contribution is -2.21. The summed E-state index contributed by atoms with van der Waals surface area (Å²) in [6.45, 7) is 3.56. The van der Waals surface area contributed by atoms with Gasteiger partial charge in [0, 0.05) is 31.3 Å². The van der Waals surface area contributed by atoms with Crippen molar-refractivity contribution in [3.8, 4) is 0 Å². The van der Waals surface area contributed by atoms with E-state index in [2.05, 4.69) is 17.1 Å². The Hall–Kier alpha value is -1.23. The highest BCUT2D eigenvalue weighted by atomic mass is 16.5. The van der Waals surface area contributed by atoms with Crippen molar-refractivity contribution in [3.63, 3.8) is 0 Å². The number of ketones is 1. The molecule has 3 atom stereocenters. The number of ether oxygens (including phenoxy) is 1. The van der Waals surface area contributed by atoms with E-state index >= 15 is 0 Å². The number of hydrogen-bond acceptors (Lipinski definition) is 5. The highest BCUT2D eigenvalue weighted by Crippen LogP contribution is 2.36. The second-order valence-electron chi connectivity index (χ2n) is 5.42. The topological polar surface area (TPSA) is 65.2 Å². The summed E-state index contributed by atoms with van der Waals surface area (Å²) < 4.78 is 10.7. The lowest BCUT2D eigenvalue weighted by atomic mass is 9.80. The number of carbonyl (C=O) groups is 1. The monoisotopic (exact) mass is 250 g/mol. The minimum atomic E-state index is 0.242. The Morgan fingerprint density at radius 1 is 1.33 bits per heavy atom. The average Bonchev–Trinajstić information content (AvgIpc) is 2.99. The van der Waals surface area contributed by atoms with E-state index in [-0.39, 0.29) is 11.8 Å². The maximum absolute atomic E-state index is 11.4. The largest absolute Gasteiger partial charge is 0.381 e. The second-order valence-corrected chi connectivity index (χ2v) is 5.42. The second kappa shape index (κ2) is 4.80. The minimum absolute atomic E-state index is 0.242. The van der Waals surface area contributed by atoms with Crippen LogP contribution in [0.2, 0.25) is 0 Å². The van der Waals surface area contributed by atoms with Gasteiger partial charge in [0.25, 0.3) is 0 Å². The average molecular weight is 250 g/mol. The predicted molar refractivity (Wildman–Crippen MR) is 63.2 cm³/mol. The molecule has 0 radical (unpaired) electrons.